The van der Waals surface area contributed by atoms with Crippen molar-refractivity contribution in [3.63, 3.8) is 0 Å². The van der Waals surface area contributed by atoms with Crippen LogP contribution in [0.3, 0.4) is 0 Å². The van der Waals surface area contributed by atoms with E-state index in [2.05, 4.69) is 28.2 Å². The van der Waals surface area contributed by atoms with Gasteiger partial charge in [0.15, 0.2) is 0 Å². The zero-order chi connectivity index (χ0) is 6.15. The van der Waals surface area contributed by atoms with Crippen molar-refractivity contribution in [3.05, 3.63) is 0 Å². The molecule has 0 radical (unpaired) electrons. The predicted octanol–water partition coefficient (Wildman–Crippen LogP) is 0.675. The van der Waals surface area contributed by atoms with E-state index in [1.165, 1.54) is 0 Å². The summed E-state index contributed by atoms with van der Waals surface area (Å²) in [6.07, 6.45) is 0. The van der Waals surface area contributed by atoms with E-state index in [-0.39, 0.29) is 5.50 Å². The SMILES string of the molecule is CC1SC(N)NC1Br. The predicted molar refractivity (Wildman–Crippen MR) is 40.9 cm³/mol. The number of nitrogens with one attached hydrogen (secondary N) is 1. The van der Waals surface area contributed by atoms with Crippen LogP contribution in [0.5, 0.6) is 0 Å². The van der Waals surface area contributed by atoms with Crippen LogP contribution >= 0.6 is 27.7 Å². The maximum Gasteiger partial charge on any atom is 0.104 e. The summed E-state index contributed by atoms with van der Waals surface area (Å²) in [4.78, 5) is 0.391. The molecular weight excluding hydrogens is 188 g/mol. The zero-order valence-corrected chi connectivity index (χ0v) is 7.00. The summed E-state index contributed by atoms with van der Waals surface area (Å²) >= 11 is 5.18. The summed E-state index contributed by atoms with van der Waals surface area (Å²) in [6.45, 7) is 2.14. The number of alkyl halides is 1. The van der Waals surface area contributed by atoms with Gasteiger partial charge in [-0.3, -0.25) is 5.32 Å². The molecule has 1 saturated heterocycles. The Morgan fingerprint density at radius 3 is 2.50 bits per heavy atom. The van der Waals surface area contributed by atoms with Gasteiger partial charge in [-0.15, -0.1) is 11.8 Å². The molecule has 8 heavy (non-hydrogen) atoms. The average Bonchev–Trinajstić information content (AvgIpc) is 1.85. The van der Waals surface area contributed by atoms with Crippen LogP contribution in [-0.4, -0.2) is 15.7 Å². The van der Waals surface area contributed by atoms with Crippen molar-refractivity contribution in [2.24, 2.45) is 5.73 Å². The molecule has 0 aromatic heterocycles. The van der Waals surface area contributed by atoms with Crippen LogP contribution in [0.4, 0.5) is 0 Å². The van der Waals surface area contributed by atoms with E-state index < -0.39 is 0 Å². The first-order chi connectivity index (χ1) is 3.70. The molecule has 0 aromatic carbocycles. The third-order valence-corrected chi connectivity index (χ3v) is 3.63. The van der Waals surface area contributed by atoms with Gasteiger partial charge in [-0.2, -0.15) is 0 Å². The quantitative estimate of drug-likeness (QED) is 0.443. The Hall–Kier alpha value is 0.750. The lowest BCUT2D eigenvalue weighted by Gasteiger charge is -2.02. The minimum Gasteiger partial charge on any atom is -0.307 e. The minimum atomic E-state index is 0.120. The van der Waals surface area contributed by atoms with Crippen molar-refractivity contribution >= 4 is 27.7 Å². The third kappa shape index (κ3) is 1.37. The second-order valence-electron chi connectivity index (χ2n) is 1.83. The Morgan fingerprint density at radius 1 is 1.75 bits per heavy atom. The van der Waals surface area contributed by atoms with Gasteiger partial charge in [0.2, 0.25) is 0 Å². The molecule has 1 aliphatic rings. The van der Waals surface area contributed by atoms with Crippen LogP contribution in [0, 0.1) is 0 Å². The fraction of sp³-hybridized carbons (Fsp3) is 1.00. The molecular formula is C4H9BrN2S. The van der Waals surface area contributed by atoms with Crippen molar-refractivity contribution in [3.8, 4) is 0 Å². The molecule has 3 unspecified atom stereocenters. The molecule has 0 saturated carbocycles. The zero-order valence-electron chi connectivity index (χ0n) is 4.60. The van der Waals surface area contributed by atoms with Crippen molar-refractivity contribution in [2.45, 2.75) is 22.6 Å². The standard InChI is InChI=1S/C4H9BrN2S/c1-2-3(5)7-4(6)8-2/h2-4,7H,6H2,1H3. The second-order valence-corrected chi connectivity index (χ2v) is 4.34. The number of hydrogen-bond acceptors (Lipinski definition) is 3. The van der Waals surface area contributed by atoms with Crippen LogP contribution in [-0.2, 0) is 0 Å². The Kier molecular flexibility index (Phi) is 2.19. The third-order valence-electron chi connectivity index (χ3n) is 1.10. The first-order valence-electron chi connectivity index (χ1n) is 2.51. The summed E-state index contributed by atoms with van der Waals surface area (Å²) in [7, 11) is 0. The first kappa shape index (κ1) is 6.86. The van der Waals surface area contributed by atoms with Gasteiger partial charge in [0, 0.05) is 5.25 Å². The normalized spacial score (nSPS) is 47.6. The number of nitrogens with two attached hydrogens (primary N) is 1. The number of rotatable bonds is 0. The number of hydrogen-bond donors (Lipinski definition) is 2. The highest BCUT2D eigenvalue weighted by Crippen LogP contribution is 2.26. The van der Waals surface area contributed by atoms with Gasteiger partial charge in [0.1, 0.15) is 5.50 Å². The van der Waals surface area contributed by atoms with Gasteiger partial charge in [-0.25, -0.2) is 0 Å². The summed E-state index contributed by atoms with van der Waals surface area (Å²) in [5, 5.41) is 3.71. The van der Waals surface area contributed by atoms with Gasteiger partial charge in [0.05, 0.1) is 4.95 Å². The van der Waals surface area contributed by atoms with Gasteiger partial charge in [-0.05, 0) is 0 Å². The van der Waals surface area contributed by atoms with E-state index in [9.17, 15) is 0 Å². The molecule has 1 heterocycles. The molecule has 3 atom stereocenters. The topological polar surface area (TPSA) is 38.0 Å². The van der Waals surface area contributed by atoms with Crippen LogP contribution in [0.1, 0.15) is 6.92 Å². The van der Waals surface area contributed by atoms with E-state index in [1.807, 2.05) is 0 Å². The Balaban J connectivity index is 2.39. The molecule has 1 aliphatic heterocycles. The fourth-order valence-corrected chi connectivity index (χ4v) is 2.37. The molecule has 3 N–H and O–H groups in total. The smallest absolute Gasteiger partial charge is 0.104 e. The van der Waals surface area contributed by atoms with Gasteiger partial charge in [-0.1, -0.05) is 22.9 Å². The Labute approximate surface area is 61.7 Å². The molecule has 0 amide bonds. The molecule has 0 aliphatic carbocycles. The maximum atomic E-state index is 5.54. The van der Waals surface area contributed by atoms with E-state index in [0.29, 0.717) is 10.2 Å². The Morgan fingerprint density at radius 2 is 2.38 bits per heavy atom. The van der Waals surface area contributed by atoms with Gasteiger partial charge >= 0.3 is 0 Å². The molecule has 0 aromatic rings. The van der Waals surface area contributed by atoms with E-state index in [4.69, 9.17) is 5.73 Å². The van der Waals surface area contributed by atoms with Gasteiger partial charge < -0.3 is 5.73 Å². The highest BCUT2D eigenvalue weighted by molar-refractivity contribution is 9.09. The lowest BCUT2D eigenvalue weighted by molar-refractivity contribution is 0.677. The Bertz CT molecular complexity index is 80.1. The first-order valence-corrected chi connectivity index (χ1v) is 4.37. The molecule has 48 valence electrons. The molecule has 1 fully saturated rings. The molecule has 0 bridgehead atoms. The summed E-state index contributed by atoms with van der Waals surface area (Å²) in [6, 6.07) is 0. The van der Waals surface area contributed by atoms with E-state index >= 15 is 0 Å². The van der Waals surface area contributed by atoms with Crippen molar-refractivity contribution < 1.29 is 0 Å². The fourth-order valence-electron chi connectivity index (χ4n) is 0.632. The van der Waals surface area contributed by atoms with Crippen LogP contribution in [0.2, 0.25) is 0 Å². The monoisotopic (exact) mass is 196 g/mol. The highest BCUT2D eigenvalue weighted by atomic mass is 79.9. The molecule has 2 nitrogen and oxygen atoms in total. The van der Waals surface area contributed by atoms with Gasteiger partial charge in [0.25, 0.3) is 0 Å². The molecule has 1 rings (SSSR count). The lowest BCUT2D eigenvalue weighted by Crippen LogP contribution is -2.32. The minimum absolute atomic E-state index is 0.120. The van der Waals surface area contributed by atoms with Crippen molar-refractivity contribution in [1.29, 1.82) is 0 Å². The summed E-state index contributed by atoms with van der Waals surface area (Å²) < 4.78 is 0. The van der Waals surface area contributed by atoms with E-state index in [1.54, 1.807) is 11.8 Å². The number of halogens is 1. The average molecular weight is 197 g/mol. The van der Waals surface area contributed by atoms with Crippen LogP contribution in [0.15, 0.2) is 0 Å². The van der Waals surface area contributed by atoms with Crippen LogP contribution in [0.25, 0.3) is 0 Å². The largest absolute Gasteiger partial charge is 0.307 e. The highest BCUT2D eigenvalue weighted by Gasteiger charge is 2.25. The summed E-state index contributed by atoms with van der Waals surface area (Å²) in [5.74, 6) is 0. The van der Waals surface area contributed by atoms with E-state index in [0.717, 1.165) is 0 Å². The molecule has 4 heteroatoms. The van der Waals surface area contributed by atoms with Crippen LogP contribution < -0.4 is 11.1 Å². The lowest BCUT2D eigenvalue weighted by atomic mass is 10.5. The molecule has 0 spiro atoms. The number of thioether (sulfide) groups is 1. The van der Waals surface area contributed by atoms with Crippen molar-refractivity contribution in [2.75, 3.05) is 0 Å². The second kappa shape index (κ2) is 2.56. The van der Waals surface area contributed by atoms with Crippen molar-refractivity contribution in [1.82, 2.24) is 5.32 Å². The maximum absolute atomic E-state index is 5.54. The summed E-state index contributed by atoms with van der Waals surface area (Å²) in [5.41, 5.74) is 5.66.